The number of aromatic nitrogens is 2. The van der Waals surface area contributed by atoms with E-state index >= 15 is 0 Å². The lowest BCUT2D eigenvalue weighted by Gasteiger charge is -2.24. The Balaban J connectivity index is 1.71. The summed E-state index contributed by atoms with van der Waals surface area (Å²) in [6, 6.07) is 15.9. The number of carbonyl (C=O) groups excluding carboxylic acids is 1. The van der Waals surface area contributed by atoms with E-state index in [2.05, 4.69) is 39.6 Å². The summed E-state index contributed by atoms with van der Waals surface area (Å²) in [6.07, 6.45) is 3.21. The molecule has 2 aromatic carbocycles. The first-order valence-corrected chi connectivity index (χ1v) is 7.90. The topological polar surface area (TPSA) is 58.1 Å². The molecule has 0 bridgehead atoms. The standard InChI is InChI=1S/C19H20N4O/c1-14(18(24)22-19-20-11-6-12-21-19)23(2)13-16-9-5-8-15-7-3-4-10-17(15)16/h3-12,14H,13H2,1-2H3,(H,20,21,22,24)/t14-/m0/s1. The van der Waals surface area contributed by atoms with Crippen LogP contribution in [0.2, 0.25) is 0 Å². The molecule has 1 N–H and O–H groups in total. The Labute approximate surface area is 141 Å². The van der Waals surface area contributed by atoms with Gasteiger partial charge in [-0.05, 0) is 36.4 Å². The zero-order chi connectivity index (χ0) is 16.9. The molecule has 3 rings (SSSR count). The lowest BCUT2D eigenvalue weighted by Crippen LogP contribution is -2.39. The Kier molecular flexibility index (Phi) is 4.82. The molecule has 24 heavy (non-hydrogen) atoms. The van der Waals surface area contributed by atoms with E-state index in [0.29, 0.717) is 12.5 Å². The van der Waals surface area contributed by atoms with Crippen molar-refractivity contribution in [2.45, 2.75) is 19.5 Å². The minimum Gasteiger partial charge on any atom is -0.293 e. The molecule has 0 saturated carbocycles. The minimum atomic E-state index is -0.298. The highest BCUT2D eigenvalue weighted by Crippen LogP contribution is 2.20. The summed E-state index contributed by atoms with van der Waals surface area (Å²) >= 11 is 0. The van der Waals surface area contributed by atoms with Crippen molar-refractivity contribution < 1.29 is 4.79 Å². The second-order valence-corrected chi connectivity index (χ2v) is 5.79. The van der Waals surface area contributed by atoms with E-state index in [4.69, 9.17) is 0 Å². The fourth-order valence-corrected chi connectivity index (χ4v) is 2.61. The van der Waals surface area contributed by atoms with E-state index in [1.165, 1.54) is 16.3 Å². The SMILES string of the molecule is C[C@@H](C(=O)Nc1ncccn1)N(C)Cc1cccc2ccccc12. The van der Waals surface area contributed by atoms with Crippen LogP contribution in [0.3, 0.4) is 0 Å². The van der Waals surface area contributed by atoms with Gasteiger partial charge >= 0.3 is 0 Å². The molecule has 0 unspecified atom stereocenters. The van der Waals surface area contributed by atoms with E-state index in [9.17, 15) is 4.79 Å². The Morgan fingerprint density at radius 2 is 1.79 bits per heavy atom. The molecule has 0 saturated heterocycles. The van der Waals surface area contributed by atoms with Crippen molar-refractivity contribution in [2.75, 3.05) is 12.4 Å². The average molecular weight is 320 g/mol. The molecule has 0 aliphatic carbocycles. The van der Waals surface area contributed by atoms with Gasteiger partial charge in [-0.2, -0.15) is 0 Å². The highest BCUT2D eigenvalue weighted by molar-refractivity contribution is 5.93. The predicted molar refractivity (Wildman–Crippen MR) is 95.5 cm³/mol. The summed E-state index contributed by atoms with van der Waals surface area (Å²) in [5.41, 5.74) is 1.20. The third-order valence-electron chi connectivity index (χ3n) is 4.14. The summed E-state index contributed by atoms with van der Waals surface area (Å²) < 4.78 is 0. The first-order valence-electron chi connectivity index (χ1n) is 7.90. The molecule has 3 aromatic rings. The monoisotopic (exact) mass is 320 g/mol. The normalized spacial score (nSPS) is 12.3. The predicted octanol–water partition coefficient (Wildman–Crippen LogP) is 3.09. The number of hydrogen-bond acceptors (Lipinski definition) is 4. The molecule has 0 radical (unpaired) electrons. The second-order valence-electron chi connectivity index (χ2n) is 5.79. The average Bonchev–Trinajstić information content (AvgIpc) is 2.62. The second kappa shape index (κ2) is 7.19. The van der Waals surface area contributed by atoms with E-state index in [1.54, 1.807) is 18.5 Å². The highest BCUT2D eigenvalue weighted by atomic mass is 16.2. The number of anilines is 1. The van der Waals surface area contributed by atoms with Crippen LogP contribution in [0.25, 0.3) is 10.8 Å². The molecule has 0 aliphatic heterocycles. The van der Waals surface area contributed by atoms with Gasteiger partial charge in [-0.3, -0.25) is 15.0 Å². The number of amides is 1. The number of likely N-dealkylation sites (N-methyl/N-ethyl adjacent to an activating group) is 1. The van der Waals surface area contributed by atoms with Gasteiger partial charge in [-0.1, -0.05) is 42.5 Å². The third kappa shape index (κ3) is 3.58. The van der Waals surface area contributed by atoms with Gasteiger partial charge in [0.25, 0.3) is 0 Å². The smallest absolute Gasteiger partial charge is 0.243 e. The van der Waals surface area contributed by atoms with E-state index in [-0.39, 0.29) is 11.9 Å². The van der Waals surface area contributed by atoms with E-state index in [1.807, 2.05) is 37.1 Å². The molecule has 5 heteroatoms. The van der Waals surface area contributed by atoms with Crippen LogP contribution in [-0.4, -0.2) is 33.9 Å². The van der Waals surface area contributed by atoms with Gasteiger partial charge in [0.2, 0.25) is 11.9 Å². The van der Waals surface area contributed by atoms with Crippen molar-refractivity contribution in [3.05, 3.63) is 66.5 Å². The molecule has 0 fully saturated rings. The van der Waals surface area contributed by atoms with Crippen LogP contribution < -0.4 is 5.32 Å². The molecule has 0 spiro atoms. The summed E-state index contributed by atoms with van der Waals surface area (Å²) in [5.74, 6) is 0.205. The Bertz CT molecular complexity index is 830. The van der Waals surface area contributed by atoms with Crippen molar-refractivity contribution in [1.29, 1.82) is 0 Å². The Morgan fingerprint density at radius 3 is 2.58 bits per heavy atom. The largest absolute Gasteiger partial charge is 0.293 e. The fraction of sp³-hybridized carbons (Fsp3) is 0.211. The number of nitrogens with one attached hydrogen (secondary N) is 1. The zero-order valence-electron chi connectivity index (χ0n) is 13.8. The molecule has 1 amide bonds. The molecule has 1 aromatic heterocycles. The zero-order valence-corrected chi connectivity index (χ0v) is 13.8. The van der Waals surface area contributed by atoms with Crippen molar-refractivity contribution in [1.82, 2.24) is 14.9 Å². The first-order chi connectivity index (χ1) is 11.6. The number of nitrogens with zero attached hydrogens (tertiary/aromatic N) is 3. The van der Waals surface area contributed by atoms with Gasteiger partial charge in [0, 0.05) is 18.9 Å². The van der Waals surface area contributed by atoms with Crippen molar-refractivity contribution in [3.8, 4) is 0 Å². The third-order valence-corrected chi connectivity index (χ3v) is 4.14. The lowest BCUT2D eigenvalue weighted by molar-refractivity contribution is -0.120. The van der Waals surface area contributed by atoms with Gasteiger partial charge in [-0.25, -0.2) is 9.97 Å². The molecule has 1 atom stereocenters. The molecule has 1 heterocycles. The number of benzene rings is 2. The van der Waals surface area contributed by atoms with Crippen LogP contribution in [0, 0.1) is 0 Å². The van der Waals surface area contributed by atoms with Gasteiger partial charge in [0.05, 0.1) is 6.04 Å². The summed E-state index contributed by atoms with van der Waals surface area (Å²) in [4.78, 5) is 22.4. The van der Waals surface area contributed by atoms with Gasteiger partial charge in [-0.15, -0.1) is 0 Å². The summed E-state index contributed by atoms with van der Waals surface area (Å²) in [5, 5.41) is 5.16. The van der Waals surface area contributed by atoms with Crippen LogP contribution in [0.4, 0.5) is 5.95 Å². The number of hydrogen-bond donors (Lipinski definition) is 1. The lowest BCUT2D eigenvalue weighted by atomic mass is 10.0. The summed E-state index contributed by atoms with van der Waals surface area (Å²) in [6.45, 7) is 2.56. The van der Waals surface area contributed by atoms with Crippen molar-refractivity contribution in [2.24, 2.45) is 0 Å². The number of fused-ring (bicyclic) bond motifs is 1. The Morgan fingerprint density at radius 1 is 1.08 bits per heavy atom. The number of carbonyl (C=O) groups is 1. The van der Waals surface area contributed by atoms with E-state index < -0.39 is 0 Å². The number of rotatable bonds is 5. The summed E-state index contributed by atoms with van der Waals surface area (Å²) in [7, 11) is 1.94. The highest BCUT2D eigenvalue weighted by Gasteiger charge is 2.19. The Hall–Kier alpha value is -2.79. The maximum Gasteiger partial charge on any atom is 0.243 e. The van der Waals surface area contributed by atoms with Crippen LogP contribution in [0.15, 0.2) is 60.9 Å². The molecule has 122 valence electrons. The molecular formula is C19H20N4O. The van der Waals surface area contributed by atoms with Gasteiger partial charge in [0.15, 0.2) is 0 Å². The van der Waals surface area contributed by atoms with Gasteiger partial charge in [0.1, 0.15) is 0 Å². The van der Waals surface area contributed by atoms with Gasteiger partial charge < -0.3 is 0 Å². The van der Waals surface area contributed by atoms with Crippen molar-refractivity contribution in [3.63, 3.8) is 0 Å². The molecule has 5 nitrogen and oxygen atoms in total. The van der Waals surface area contributed by atoms with Crippen LogP contribution in [0.1, 0.15) is 12.5 Å². The quantitative estimate of drug-likeness (QED) is 0.785. The van der Waals surface area contributed by atoms with Crippen LogP contribution in [0.5, 0.6) is 0 Å². The van der Waals surface area contributed by atoms with Crippen LogP contribution in [-0.2, 0) is 11.3 Å². The minimum absolute atomic E-state index is 0.121. The fourth-order valence-electron chi connectivity index (χ4n) is 2.61. The van der Waals surface area contributed by atoms with Crippen LogP contribution >= 0.6 is 0 Å². The molecule has 0 aliphatic rings. The molecular weight excluding hydrogens is 300 g/mol. The first kappa shape index (κ1) is 16.1. The van der Waals surface area contributed by atoms with E-state index in [0.717, 1.165) is 0 Å². The maximum atomic E-state index is 12.4. The maximum absolute atomic E-state index is 12.4. The van der Waals surface area contributed by atoms with Crippen molar-refractivity contribution >= 4 is 22.6 Å².